The fraction of sp³-hybridized carbons (Fsp3) is 0.474. The van der Waals surface area contributed by atoms with E-state index in [4.69, 9.17) is 9.47 Å². The van der Waals surface area contributed by atoms with Gasteiger partial charge in [0.1, 0.15) is 6.10 Å². The molecule has 2 N–H and O–H groups in total. The van der Waals surface area contributed by atoms with Crippen LogP contribution in [0.3, 0.4) is 0 Å². The third-order valence-electron chi connectivity index (χ3n) is 5.59. The molecule has 1 heterocycles. The molecule has 0 spiro atoms. The number of rotatable bonds is 5. The van der Waals surface area contributed by atoms with Crippen LogP contribution in [0.15, 0.2) is 24.3 Å². The molecule has 0 unspecified atom stereocenters. The molecule has 3 fully saturated rings. The van der Waals surface area contributed by atoms with Crippen LogP contribution in [0.25, 0.3) is 0 Å². The van der Waals surface area contributed by atoms with E-state index in [1.807, 2.05) is 0 Å². The lowest BCUT2D eigenvalue weighted by atomic mass is 9.80. The molecule has 0 radical (unpaired) electrons. The highest BCUT2D eigenvalue weighted by Crippen LogP contribution is 2.57. The fourth-order valence-corrected chi connectivity index (χ4v) is 4.60. The van der Waals surface area contributed by atoms with Gasteiger partial charge in [-0.2, -0.15) is 0 Å². The van der Waals surface area contributed by atoms with E-state index in [9.17, 15) is 19.2 Å². The topological polar surface area (TPSA) is 111 Å². The molecule has 2 bridgehead atoms. The van der Waals surface area contributed by atoms with Crippen molar-refractivity contribution < 1.29 is 28.7 Å². The Labute approximate surface area is 155 Å². The summed E-state index contributed by atoms with van der Waals surface area (Å²) in [6.45, 7) is 0.997. The van der Waals surface area contributed by atoms with Crippen molar-refractivity contribution in [2.75, 3.05) is 17.2 Å². The Morgan fingerprint density at radius 1 is 1.11 bits per heavy atom. The summed E-state index contributed by atoms with van der Waals surface area (Å²) in [6, 6.07) is 6.58. The molecular formula is C19H20N2O6. The van der Waals surface area contributed by atoms with Crippen molar-refractivity contribution >= 4 is 35.1 Å². The number of hydrogen-bond donors (Lipinski definition) is 2. The molecule has 142 valence electrons. The number of benzene rings is 1. The highest BCUT2D eigenvalue weighted by molar-refractivity contribution is 5.94. The van der Waals surface area contributed by atoms with Crippen molar-refractivity contribution in [1.82, 2.24) is 0 Å². The lowest BCUT2D eigenvalue weighted by molar-refractivity contribution is -0.157. The first-order valence-electron chi connectivity index (χ1n) is 8.97. The molecule has 5 atom stereocenters. The molecule has 2 saturated carbocycles. The lowest BCUT2D eigenvalue weighted by Crippen LogP contribution is -2.34. The Balaban J connectivity index is 1.29. The van der Waals surface area contributed by atoms with Gasteiger partial charge in [-0.25, -0.2) is 0 Å². The third kappa shape index (κ3) is 3.27. The quantitative estimate of drug-likeness (QED) is 0.755. The van der Waals surface area contributed by atoms with Crippen LogP contribution in [-0.2, 0) is 28.7 Å². The molecule has 0 aromatic heterocycles. The number of anilines is 2. The molecule has 1 saturated heterocycles. The summed E-state index contributed by atoms with van der Waals surface area (Å²) in [6.07, 6.45) is 1.48. The van der Waals surface area contributed by atoms with Gasteiger partial charge in [0, 0.05) is 24.2 Å². The van der Waals surface area contributed by atoms with Crippen LogP contribution in [0.1, 0.15) is 19.8 Å². The number of esters is 2. The van der Waals surface area contributed by atoms with Crippen LogP contribution in [0.2, 0.25) is 0 Å². The van der Waals surface area contributed by atoms with Crippen molar-refractivity contribution in [3.8, 4) is 0 Å². The first-order chi connectivity index (χ1) is 12.9. The number of carbonyl (C=O) groups excluding carboxylic acids is 4. The monoisotopic (exact) mass is 372 g/mol. The number of fused-ring (bicyclic) bond motifs is 1. The maximum atomic E-state index is 12.4. The number of hydrogen-bond acceptors (Lipinski definition) is 6. The maximum absolute atomic E-state index is 12.4. The van der Waals surface area contributed by atoms with Gasteiger partial charge < -0.3 is 20.1 Å². The molecule has 27 heavy (non-hydrogen) atoms. The Morgan fingerprint density at radius 2 is 1.78 bits per heavy atom. The van der Waals surface area contributed by atoms with E-state index in [1.54, 1.807) is 24.3 Å². The largest absolute Gasteiger partial charge is 0.462 e. The van der Waals surface area contributed by atoms with Crippen molar-refractivity contribution in [3.05, 3.63) is 24.3 Å². The van der Waals surface area contributed by atoms with Crippen molar-refractivity contribution in [2.45, 2.75) is 25.9 Å². The zero-order chi connectivity index (χ0) is 19.1. The highest BCUT2D eigenvalue weighted by atomic mass is 16.6. The second-order valence-corrected chi connectivity index (χ2v) is 7.34. The van der Waals surface area contributed by atoms with Crippen molar-refractivity contribution in [1.29, 1.82) is 0 Å². The number of carbonyl (C=O) groups is 4. The van der Waals surface area contributed by atoms with Gasteiger partial charge >= 0.3 is 11.9 Å². The van der Waals surface area contributed by atoms with E-state index in [0.717, 1.165) is 6.42 Å². The van der Waals surface area contributed by atoms with Gasteiger partial charge in [-0.1, -0.05) is 0 Å². The molecule has 4 rings (SSSR count). The van der Waals surface area contributed by atoms with Crippen LogP contribution in [-0.4, -0.2) is 36.5 Å². The summed E-state index contributed by atoms with van der Waals surface area (Å²) in [7, 11) is 0. The van der Waals surface area contributed by atoms with Gasteiger partial charge in [-0.05, 0) is 43.0 Å². The number of nitrogens with one attached hydrogen (secondary N) is 2. The van der Waals surface area contributed by atoms with Crippen molar-refractivity contribution in [2.24, 2.45) is 23.7 Å². The highest BCUT2D eigenvalue weighted by Gasteiger charge is 2.64. The first kappa shape index (κ1) is 17.5. The summed E-state index contributed by atoms with van der Waals surface area (Å²) >= 11 is 0. The maximum Gasteiger partial charge on any atom is 0.310 e. The van der Waals surface area contributed by atoms with Gasteiger partial charge in [0.05, 0.1) is 11.8 Å². The summed E-state index contributed by atoms with van der Waals surface area (Å²) in [5.74, 6) is -2.14. The van der Waals surface area contributed by atoms with E-state index in [2.05, 4.69) is 10.6 Å². The Kier molecular flexibility index (Phi) is 4.33. The molecule has 3 aliphatic rings. The van der Waals surface area contributed by atoms with E-state index < -0.39 is 30.3 Å². The molecule has 1 aromatic carbocycles. The van der Waals surface area contributed by atoms with Gasteiger partial charge in [-0.3, -0.25) is 19.2 Å². The standard InChI is InChI=1S/C19H20N2O6/c1-9(22)20-11-2-4-12(5-3-11)21-15(23)8-26-18(24)16-10-6-13-14(7-10)27-19(25)17(13)16/h2-5,10,13-14,16-17H,6-8H2,1H3,(H,20,22)(H,21,23)/t10-,13+,14+,16-,17-/m1/s1. The molecular weight excluding hydrogens is 352 g/mol. The SMILES string of the molecule is CC(=O)Nc1ccc(NC(=O)COC(=O)[C@@H]2[C@@H]3C[C@@H]4[C@H]2C(=O)O[C@H]4C3)cc1. The van der Waals surface area contributed by atoms with E-state index >= 15 is 0 Å². The molecule has 8 nitrogen and oxygen atoms in total. The second-order valence-electron chi connectivity index (χ2n) is 7.34. The number of ether oxygens (including phenoxy) is 2. The molecule has 2 amide bonds. The van der Waals surface area contributed by atoms with Crippen LogP contribution in [0.5, 0.6) is 0 Å². The normalized spacial score (nSPS) is 30.0. The van der Waals surface area contributed by atoms with Crippen molar-refractivity contribution in [3.63, 3.8) is 0 Å². The minimum absolute atomic E-state index is 0.0414. The minimum Gasteiger partial charge on any atom is -0.462 e. The average Bonchev–Trinajstić information content (AvgIpc) is 3.23. The Hall–Kier alpha value is -2.90. The number of amides is 2. The van der Waals surface area contributed by atoms with E-state index in [-0.39, 0.29) is 29.8 Å². The Morgan fingerprint density at radius 3 is 2.44 bits per heavy atom. The average molecular weight is 372 g/mol. The van der Waals surface area contributed by atoms with Crippen LogP contribution >= 0.6 is 0 Å². The minimum atomic E-state index is -0.499. The zero-order valence-corrected chi connectivity index (χ0v) is 14.8. The summed E-state index contributed by atoms with van der Waals surface area (Å²) < 4.78 is 10.5. The summed E-state index contributed by atoms with van der Waals surface area (Å²) in [5.41, 5.74) is 1.14. The van der Waals surface area contributed by atoms with Gasteiger partial charge in [0.15, 0.2) is 6.61 Å². The van der Waals surface area contributed by atoms with Gasteiger partial charge in [0.25, 0.3) is 5.91 Å². The summed E-state index contributed by atoms with van der Waals surface area (Å²) in [5, 5.41) is 5.25. The smallest absolute Gasteiger partial charge is 0.310 e. The Bertz CT molecular complexity index is 803. The summed E-state index contributed by atoms with van der Waals surface area (Å²) in [4.78, 5) is 47.4. The second kappa shape index (κ2) is 6.68. The van der Waals surface area contributed by atoms with Crippen LogP contribution < -0.4 is 10.6 Å². The molecule has 1 aromatic rings. The predicted molar refractivity (Wildman–Crippen MR) is 93.4 cm³/mol. The van der Waals surface area contributed by atoms with E-state index in [0.29, 0.717) is 17.8 Å². The van der Waals surface area contributed by atoms with Gasteiger partial charge in [-0.15, -0.1) is 0 Å². The fourth-order valence-electron chi connectivity index (χ4n) is 4.60. The predicted octanol–water partition coefficient (Wildman–Crippen LogP) is 1.32. The molecule has 1 aliphatic heterocycles. The first-order valence-corrected chi connectivity index (χ1v) is 8.97. The van der Waals surface area contributed by atoms with Gasteiger partial charge in [0.2, 0.25) is 5.91 Å². The molecule has 2 aliphatic carbocycles. The van der Waals surface area contributed by atoms with Crippen LogP contribution in [0.4, 0.5) is 11.4 Å². The lowest BCUT2D eigenvalue weighted by Gasteiger charge is -2.22. The zero-order valence-electron chi connectivity index (χ0n) is 14.8. The molecule has 8 heteroatoms. The van der Waals surface area contributed by atoms with E-state index in [1.165, 1.54) is 6.92 Å². The third-order valence-corrected chi connectivity index (χ3v) is 5.59. The van der Waals surface area contributed by atoms with Crippen LogP contribution in [0, 0.1) is 23.7 Å².